The lowest BCUT2D eigenvalue weighted by atomic mass is 10.00. The first-order chi connectivity index (χ1) is 8.47. The van der Waals surface area contributed by atoms with Crippen molar-refractivity contribution < 1.29 is 4.74 Å². The quantitative estimate of drug-likeness (QED) is 0.737. The van der Waals surface area contributed by atoms with E-state index in [1.807, 2.05) is 0 Å². The first-order valence-corrected chi connectivity index (χ1v) is 7.16. The SMILES string of the molecule is COCCN(CC(C)(C)N1CCNCC1)C(C)C. The van der Waals surface area contributed by atoms with E-state index in [1.165, 1.54) is 0 Å². The van der Waals surface area contributed by atoms with Crippen LogP contribution in [0.5, 0.6) is 0 Å². The van der Waals surface area contributed by atoms with Gasteiger partial charge in [-0.2, -0.15) is 0 Å². The molecule has 0 aliphatic carbocycles. The van der Waals surface area contributed by atoms with Crippen molar-refractivity contribution in [2.75, 3.05) is 53.0 Å². The van der Waals surface area contributed by atoms with Crippen molar-refractivity contribution in [1.29, 1.82) is 0 Å². The molecule has 0 bridgehead atoms. The molecule has 1 rings (SSSR count). The Balaban J connectivity index is 2.53. The summed E-state index contributed by atoms with van der Waals surface area (Å²) in [6.07, 6.45) is 0. The van der Waals surface area contributed by atoms with Crippen molar-refractivity contribution in [2.45, 2.75) is 39.3 Å². The minimum atomic E-state index is 0.236. The van der Waals surface area contributed by atoms with Gasteiger partial charge in [0.25, 0.3) is 0 Å². The van der Waals surface area contributed by atoms with Crippen molar-refractivity contribution in [1.82, 2.24) is 15.1 Å². The van der Waals surface area contributed by atoms with Crippen LogP contribution in [-0.2, 0) is 4.74 Å². The number of nitrogens with zero attached hydrogens (tertiary/aromatic N) is 2. The maximum absolute atomic E-state index is 5.22. The van der Waals surface area contributed by atoms with Crippen LogP contribution in [0.15, 0.2) is 0 Å². The molecule has 1 saturated heterocycles. The molecular formula is C14H31N3O. The summed E-state index contributed by atoms with van der Waals surface area (Å²) in [5, 5.41) is 3.42. The van der Waals surface area contributed by atoms with E-state index in [0.29, 0.717) is 6.04 Å². The largest absolute Gasteiger partial charge is 0.383 e. The van der Waals surface area contributed by atoms with Gasteiger partial charge in [0.2, 0.25) is 0 Å². The molecule has 0 unspecified atom stereocenters. The van der Waals surface area contributed by atoms with Crippen LogP contribution in [0.3, 0.4) is 0 Å². The van der Waals surface area contributed by atoms with E-state index >= 15 is 0 Å². The van der Waals surface area contributed by atoms with Crippen LogP contribution in [0.25, 0.3) is 0 Å². The molecule has 4 nitrogen and oxygen atoms in total. The molecule has 0 spiro atoms. The third-order valence-corrected chi connectivity index (χ3v) is 3.88. The number of hydrogen-bond donors (Lipinski definition) is 1. The maximum Gasteiger partial charge on any atom is 0.0589 e. The molecule has 1 fully saturated rings. The zero-order valence-corrected chi connectivity index (χ0v) is 12.8. The summed E-state index contributed by atoms with van der Waals surface area (Å²) in [6.45, 7) is 16.7. The van der Waals surface area contributed by atoms with Gasteiger partial charge in [0.15, 0.2) is 0 Å². The summed E-state index contributed by atoms with van der Waals surface area (Å²) in [7, 11) is 1.78. The first-order valence-electron chi connectivity index (χ1n) is 7.16. The van der Waals surface area contributed by atoms with E-state index in [1.54, 1.807) is 7.11 Å². The highest BCUT2D eigenvalue weighted by atomic mass is 16.5. The number of hydrogen-bond acceptors (Lipinski definition) is 4. The molecule has 0 amide bonds. The fraction of sp³-hybridized carbons (Fsp3) is 1.00. The minimum Gasteiger partial charge on any atom is -0.383 e. The molecule has 1 aliphatic heterocycles. The number of ether oxygens (including phenoxy) is 1. The van der Waals surface area contributed by atoms with Gasteiger partial charge < -0.3 is 10.1 Å². The van der Waals surface area contributed by atoms with Gasteiger partial charge in [-0.1, -0.05) is 0 Å². The van der Waals surface area contributed by atoms with Crippen molar-refractivity contribution >= 4 is 0 Å². The van der Waals surface area contributed by atoms with Crippen LogP contribution in [0.2, 0.25) is 0 Å². The smallest absolute Gasteiger partial charge is 0.0589 e. The van der Waals surface area contributed by atoms with Crippen molar-refractivity contribution in [3.05, 3.63) is 0 Å². The molecule has 18 heavy (non-hydrogen) atoms. The molecule has 4 heteroatoms. The second-order valence-electron chi connectivity index (χ2n) is 6.11. The lowest BCUT2D eigenvalue weighted by molar-refractivity contribution is 0.0404. The number of methoxy groups -OCH3 is 1. The Morgan fingerprint density at radius 1 is 1.28 bits per heavy atom. The summed E-state index contributed by atoms with van der Waals surface area (Å²) in [5.74, 6) is 0. The van der Waals surface area contributed by atoms with E-state index in [-0.39, 0.29) is 5.54 Å². The fourth-order valence-corrected chi connectivity index (χ4v) is 2.60. The summed E-state index contributed by atoms with van der Waals surface area (Å²) in [4.78, 5) is 5.12. The molecule has 0 radical (unpaired) electrons. The predicted octanol–water partition coefficient (Wildman–Crippen LogP) is 1.03. The van der Waals surface area contributed by atoms with Gasteiger partial charge >= 0.3 is 0 Å². The molecular weight excluding hydrogens is 226 g/mol. The predicted molar refractivity (Wildman–Crippen MR) is 77.1 cm³/mol. The van der Waals surface area contributed by atoms with Gasteiger partial charge in [0.05, 0.1) is 6.61 Å². The molecule has 1 heterocycles. The van der Waals surface area contributed by atoms with Gasteiger partial charge in [-0.25, -0.2) is 0 Å². The highest BCUT2D eigenvalue weighted by molar-refractivity contribution is 4.88. The Bertz CT molecular complexity index is 225. The molecule has 0 aromatic heterocycles. The highest BCUT2D eigenvalue weighted by Crippen LogP contribution is 2.18. The average molecular weight is 257 g/mol. The summed E-state index contributed by atoms with van der Waals surface area (Å²) < 4.78 is 5.22. The van der Waals surface area contributed by atoms with Gasteiger partial charge in [-0.15, -0.1) is 0 Å². The molecule has 0 atom stereocenters. The normalized spacial score (nSPS) is 18.8. The second-order valence-corrected chi connectivity index (χ2v) is 6.11. The van der Waals surface area contributed by atoms with Crippen molar-refractivity contribution in [2.24, 2.45) is 0 Å². The van der Waals surface area contributed by atoms with Crippen molar-refractivity contribution in [3.8, 4) is 0 Å². The lowest BCUT2D eigenvalue weighted by Gasteiger charge is -2.44. The Kier molecular flexibility index (Phi) is 6.57. The van der Waals surface area contributed by atoms with Gasteiger partial charge in [-0.3, -0.25) is 9.80 Å². The van der Waals surface area contributed by atoms with E-state index < -0.39 is 0 Å². The Morgan fingerprint density at radius 2 is 1.89 bits per heavy atom. The van der Waals surface area contributed by atoms with Crippen LogP contribution < -0.4 is 5.32 Å². The monoisotopic (exact) mass is 257 g/mol. The third-order valence-electron chi connectivity index (χ3n) is 3.88. The zero-order chi connectivity index (χ0) is 13.6. The van der Waals surface area contributed by atoms with Gasteiger partial charge in [0, 0.05) is 58.0 Å². The van der Waals surface area contributed by atoms with E-state index in [9.17, 15) is 0 Å². The molecule has 108 valence electrons. The lowest BCUT2D eigenvalue weighted by Crippen LogP contribution is -2.58. The van der Waals surface area contributed by atoms with E-state index in [0.717, 1.165) is 45.9 Å². The second kappa shape index (κ2) is 7.43. The summed E-state index contributed by atoms with van der Waals surface area (Å²) in [6, 6.07) is 0.572. The van der Waals surface area contributed by atoms with Crippen LogP contribution in [-0.4, -0.2) is 74.4 Å². The molecule has 0 saturated carbocycles. The number of rotatable bonds is 7. The Labute approximate surface area is 113 Å². The first kappa shape index (κ1) is 15.9. The average Bonchev–Trinajstić information content (AvgIpc) is 2.35. The standard InChI is InChI=1S/C14H31N3O/c1-13(2)16(10-11-18-5)12-14(3,4)17-8-6-15-7-9-17/h13,15H,6-12H2,1-5H3. The highest BCUT2D eigenvalue weighted by Gasteiger charge is 2.30. The third kappa shape index (κ3) is 4.84. The zero-order valence-electron chi connectivity index (χ0n) is 12.8. The van der Waals surface area contributed by atoms with E-state index in [2.05, 4.69) is 42.8 Å². The topological polar surface area (TPSA) is 27.7 Å². The van der Waals surface area contributed by atoms with Crippen LogP contribution >= 0.6 is 0 Å². The van der Waals surface area contributed by atoms with Gasteiger partial charge in [-0.05, 0) is 27.7 Å². The summed E-state index contributed by atoms with van der Waals surface area (Å²) >= 11 is 0. The molecule has 0 aromatic rings. The van der Waals surface area contributed by atoms with Crippen LogP contribution in [0.1, 0.15) is 27.7 Å². The molecule has 0 aromatic carbocycles. The fourth-order valence-electron chi connectivity index (χ4n) is 2.60. The molecule has 1 aliphatic rings. The van der Waals surface area contributed by atoms with Gasteiger partial charge in [0.1, 0.15) is 0 Å². The molecule has 1 N–H and O–H groups in total. The van der Waals surface area contributed by atoms with Crippen molar-refractivity contribution in [3.63, 3.8) is 0 Å². The summed E-state index contributed by atoms with van der Waals surface area (Å²) in [5.41, 5.74) is 0.236. The maximum atomic E-state index is 5.22. The van der Waals surface area contributed by atoms with E-state index in [4.69, 9.17) is 4.74 Å². The minimum absolute atomic E-state index is 0.236. The number of piperazine rings is 1. The van der Waals surface area contributed by atoms with Crippen LogP contribution in [0.4, 0.5) is 0 Å². The number of nitrogens with one attached hydrogen (secondary N) is 1. The van der Waals surface area contributed by atoms with Crippen LogP contribution in [0, 0.1) is 0 Å². The Hall–Kier alpha value is -0.160. The Morgan fingerprint density at radius 3 is 2.39 bits per heavy atom.